The number of aromatic nitrogens is 1. The van der Waals surface area contributed by atoms with Crippen LogP contribution in [0.5, 0.6) is 0 Å². The monoisotopic (exact) mass is 514 g/mol. The third-order valence-electron chi connectivity index (χ3n) is 5.79. The van der Waals surface area contributed by atoms with E-state index < -0.39 is 23.4 Å². The molecule has 0 saturated heterocycles. The molecule has 0 unspecified atom stereocenters. The van der Waals surface area contributed by atoms with Crippen LogP contribution in [0, 0.1) is 6.92 Å². The molecule has 0 bridgehead atoms. The van der Waals surface area contributed by atoms with Crippen LogP contribution in [0.3, 0.4) is 0 Å². The summed E-state index contributed by atoms with van der Waals surface area (Å²) < 4.78 is 10.4. The number of carbonyl (C=O) groups is 3. The van der Waals surface area contributed by atoms with Gasteiger partial charge in [0, 0.05) is 35.0 Å². The Labute approximate surface area is 215 Å². The van der Waals surface area contributed by atoms with Gasteiger partial charge >= 0.3 is 0 Å². The first kappa shape index (κ1) is 27.0. The molecular formula is C26H31ClN4O5. The second-order valence-electron chi connectivity index (χ2n) is 9.12. The van der Waals surface area contributed by atoms with Gasteiger partial charge in [-0.2, -0.15) is 0 Å². The van der Waals surface area contributed by atoms with Gasteiger partial charge in [0.1, 0.15) is 17.6 Å². The molecule has 9 nitrogen and oxygen atoms in total. The zero-order valence-electron chi connectivity index (χ0n) is 20.8. The lowest BCUT2D eigenvalue weighted by Crippen LogP contribution is -2.50. The van der Waals surface area contributed by atoms with E-state index in [1.165, 1.54) is 11.2 Å². The average molecular weight is 515 g/mol. The van der Waals surface area contributed by atoms with Gasteiger partial charge in [-0.3, -0.25) is 14.4 Å². The normalized spacial score (nSPS) is 12.1. The highest BCUT2D eigenvalue weighted by Gasteiger charge is 2.35. The van der Waals surface area contributed by atoms with Gasteiger partial charge in [-0.15, -0.1) is 0 Å². The highest BCUT2D eigenvalue weighted by atomic mass is 35.5. The number of carbonyl (C=O) groups excluding carboxylic acids is 3. The van der Waals surface area contributed by atoms with E-state index in [1.54, 1.807) is 49.4 Å². The van der Waals surface area contributed by atoms with Crippen molar-refractivity contribution < 1.29 is 23.3 Å². The fourth-order valence-electron chi connectivity index (χ4n) is 3.53. The fraction of sp³-hybridized carbons (Fsp3) is 0.385. The molecule has 3 rings (SSSR count). The Balaban J connectivity index is 1.89. The van der Waals surface area contributed by atoms with Gasteiger partial charge in [0.15, 0.2) is 5.82 Å². The Morgan fingerprint density at radius 1 is 1.14 bits per heavy atom. The van der Waals surface area contributed by atoms with Crippen LogP contribution < -0.4 is 10.6 Å². The molecule has 0 fully saturated rings. The van der Waals surface area contributed by atoms with Gasteiger partial charge in [0.05, 0.1) is 12.8 Å². The van der Waals surface area contributed by atoms with Gasteiger partial charge in [-0.05, 0) is 45.4 Å². The molecule has 36 heavy (non-hydrogen) atoms. The van der Waals surface area contributed by atoms with Crippen molar-refractivity contribution in [3.63, 3.8) is 0 Å². The zero-order valence-corrected chi connectivity index (χ0v) is 21.6. The maximum absolute atomic E-state index is 13.6. The van der Waals surface area contributed by atoms with Crippen LogP contribution in [0.2, 0.25) is 5.02 Å². The number of aryl methyl sites for hydroxylation is 1. The molecule has 1 aromatic carbocycles. The number of furan rings is 1. The number of nitrogens with zero attached hydrogens (tertiary/aromatic N) is 2. The molecule has 0 saturated carbocycles. The number of hydrogen-bond acceptors (Lipinski definition) is 6. The van der Waals surface area contributed by atoms with Crippen molar-refractivity contribution in [3.05, 3.63) is 70.8 Å². The van der Waals surface area contributed by atoms with Crippen molar-refractivity contribution in [1.29, 1.82) is 0 Å². The summed E-state index contributed by atoms with van der Waals surface area (Å²) in [6.07, 6.45) is 1.92. The Hall–Kier alpha value is -3.59. The molecule has 1 atom stereocenters. The summed E-state index contributed by atoms with van der Waals surface area (Å²) in [6, 6.07) is 10.9. The first-order chi connectivity index (χ1) is 17.1. The number of benzene rings is 1. The molecule has 2 heterocycles. The van der Waals surface area contributed by atoms with E-state index in [1.807, 2.05) is 20.8 Å². The summed E-state index contributed by atoms with van der Waals surface area (Å²) in [4.78, 5) is 41.0. The predicted octanol–water partition coefficient (Wildman–Crippen LogP) is 5.02. The molecular weight excluding hydrogens is 484 g/mol. The molecule has 0 aliphatic heterocycles. The maximum atomic E-state index is 13.6. The number of nitrogens with one attached hydrogen (secondary N) is 2. The van der Waals surface area contributed by atoms with Crippen LogP contribution in [0.1, 0.15) is 63.2 Å². The SMILES string of the molecule is CCC(C)(C)NC(=O)[C@@H](c1ccccc1Cl)N(Cc1ccco1)C(=O)CCC(=O)Nc1cc(C)on1. The van der Waals surface area contributed by atoms with E-state index in [0.29, 0.717) is 28.5 Å². The number of hydrogen-bond donors (Lipinski definition) is 2. The van der Waals surface area contributed by atoms with Crippen molar-refractivity contribution >= 4 is 35.1 Å². The van der Waals surface area contributed by atoms with Crippen molar-refractivity contribution in [2.75, 3.05) is 5.32 Å². The second kappa shape index (κ2) is 11.9. The summed E-state index contributed by atoms with van der Waals surface area (Å²) in [6.45, 7) is 7.50. The van der Waals surface area contributed by atoms with E-state index in [4.69, 9.17) is 20.5 Å². The summed E-state index contributed by atoms with van der Waals surface area (Å²) in [5.74, 6) is 0.123. The van der Waals surface area contributed by atoms with Gasteiger partial charge in [-0.25, -0.2) is 0 Å². The van der Waals surface area contributed by atoms with Gasteiger partial charge < -0.3 is 24.5 Å². The van der Waals surface area contributed by atoms with Crippen LogP contribution in [-0.4, -0.2) is 33.3 Å². The van der Waals surface area contributed by atoms with Gasteiger partial charge in [0.25, 0.3) is 0 Å². The number of rotatable bonds is 11. The number of amides is 3. The van der Waals surface area contributed by atoms with E-state index in [2.05, 4.69) is 15.8 Å². The topological polar surface area (TPSA) is 118 Å². The van der Waals surface area contributed by atoms with E-state index in [0.717, 1.165) is 0 Å². The molecule has 192 valence electrons. The first-order valence-corrected chi connectivity index (χ1v) is 12.1. The molecule has 3 amide bonds. The fourth-order valence-corrected chi connectivity index (χ4v) is 3.77. The lowest BCUT2D eigenvalue weighted by atomic mass is 9.98. The Morgan fingerprint density at radius 2 is 1.89 bits per heavy atom. The van der Waals surface area contributed by atoms with E-state index >= 15 is 0 Å². The summed E-state index contributed by atoms with van der Waals surface area (Å²) in [7, 11) is 0. The Kier molecular flexibility index (Phi) is 8.93. The third-order valence-corrected chi connectivity index (χ3v) is 6.14. The largest absolute Gasteiger partial charge is 0.467 e. The van der Waals surface area contributed by atoms with E-state index in [9.17, 15) is 14.4 Å². The van der Waals surface area contributed by atoms with Crippen LogP contribution in [0.15, 0.2) is 57.7 Å². The minimum absolute atomic E-state index is 0.0196. The molecule has 0 spiro atoms. The molecule has 0 aliphatic rings. The van der Waals surface area contributed by atoms with Crippen LogP contribution >= 0.6 is 11.6 Å². The van der Waals surface area contributed by atoms with Gasteiger partial charge in [-0.1, -0.05) is 41.9 Å². The first-order valence-electron chi connectivity index (χ1n) is 11.7. The van der Waals surface area contributed by atoms with Crippen molar-refractivity contribution in [2.45, 2.75) is 65.1 Å². The minimum atomic E-state index is -1.04. The van der Waals surface area contributed by atoms with Crippen LogP contribution in [0.25, 0.3) is 0 Å². The summed E-state index contributed by atoms with van der Waals surface area (Å²) >= 11 is 6.50. The Morgan fingerprint density at radius 3 is 2.50 bits per heavy atom. The molecule has 10 heteroatoms. The predicted molar refractivity (Wildman–Crippen MR) is 135 cm³/mol. The van der Waals surface area contributed by atoms with Crippen molar-refractivity contribution in [1.82, 2.24) is 15.4 Å². The molecule has 2 N–H and O–H groups in total. The van der Waals surface area contributed by atoms with Crippen LogP contribution in [0.4, 0.5) is 5.82 Å². The zero-order chi connectivity index (χ0) is 26.3. The van der Waals surface area contributed by atoms with E-state index in [-0.39, 0.29) is 31.1 Å². The number of anilines is 1. The molecule has 3 aromatic rings. The lowest BCUT2D eigenvalue weighted by Gasteiger charge is -2.34. The van der Waals surface area contributed by atoms with Crippen molar-refractivity contribution in [2.24, 2.45) is 0 Å². The average Bonchev–Trinajstić information content (AvgIpc) is 3.49. The van der Waals surface area contributed by atoms with Gasteiger partial charge in [0.2, 0.25) is 17.7 Å². The Bertz CT molecular complexity index is 1190. The standard InChI is InChI=1S/C26H31ClN4O5/c1-5-26(3,4)29-25(34)24(19-10-6-7-11-20(19)27)31(16-18-9-8-14-35-18)23(33)13-12-22(32)28-21-15-17(2)36-30-21/h6-11,14-15,24H,5,12-13,16H2,1-4H3,(H,29,34)(H,28,30,32)/t24-/m1/s1. The third kappa shape index (κ3) is 7.21. The minimum Gasteiger partial charge on any atom is -0.467 e. The van der Waals surface area contributed by atoms with Crippen LogP contribution in [-0.2, 0) is 20.9 Å². The maximum Gasteiger partial charge on any atom is 0.247 e. The summed E-state index contributed by atoms with van der Waals surface area (Å²) in [5.41, 5.74) is -0.0306. The molecule has 0 aliphatic carbocycles. The highest BCUT2D eigenvalue weighted by molar-refractivity contribution is 6.31. The lowest BCUT2D eigenvalue weighted by molar-refractivity contribution is -0.143. The smallest absolute Gasteiger partial charge is 0.247 e. The molecule has 2 aromatic heterocycles. The van der Waals surface area contributed by atoms with Crippen molar-refractivity contribution in [3.8, 4) is 0 Å². The highest BCUT2D eigenvalue weighted by Crippen LogP contribution is 2.31. The second-order valence-corrected chi connectivity index (χ2v) is 9.53. The molecule has 0 radical (unpaired) electrons. The number of halogens is 1. The summed E-state index contributed by atoms with van der Waals surface area (Å²) in [5, 5.41) is 9.71. The quantitative estimate of drug-likeness (QED) is 0.371.